The highest BCUT2D eigenvalue weighted by Gasteiger charge is 2.33. The van der Waals surface area contributed by atoms with Crippen LogP contribution >= 0.6 is 0 Å². The number of methoxy groups -OCH3 is 1. The Morgan fingerprint density at radius 1 is 0.826 bits per heavy atom. The highest BCUT2D eigenvalue weighted by Crippen LogP contribution is 2.38. The third kappa shape index (κ3) is 1.99. The number of benzene rings is 2. The lowest BCUT2D eigenvalue weighted by Gasteiger charge is -2.12. The summed E-state index contributed by atoms with van der Waals surface area (Å²) in [4.78, 5) is 24.5. The number of carbonyl (C=O) groups excluding carboxylic acids is 2. The standard InChI is InChI=1S/C19H12O4/c1-22-12-8-6-11(7-9-12)16-10-15-18(21)17(20)13-4-2-3-5-14(13)19(15)23-16/h2-10H,1H3. The van der Waals surface area contributed by atoms with E-state index < -0.39 is 11.6 Å². The molecule has 1 aromatic heterocycles. The first-order valence-corrected chi connectivity index (χ1v) is 7.15. The zero-order valence-corrected chi connectivity index (χ0v) is 12.3. The molecule has 1 heterocycles. The molecule has 0 bridgehead atoms. The van der Waals surface area contributed by atoms with Crippen molar-refractivity contribution in [1.29, 1.82) is 0 Å². The van der Waals surface area contributed by atoms with Gasteiger partial charge in [0.15, 0.2) is 0 Å². The van der Waals surface area contributed by atoms with Crippen LogP contribution in [0.25, 0.3) is 22.6 Å². The Balaban J connectivity index is 1.88. The van der Waals surface area contributed by atoms with Crippen LogP contribution in [0, 0.1) is 0 Å². The lowest BCUT2D eigenvalue weighted by molar-refractivity contribution is 0.0814. The van der Waals surface area contributed by atoms with Gasteiger partial charge in [-0.15, -0.1) is 0 Å². The van der Waals surface area contributed by atoms with Gasteiger partial charge in [0.2, 0.25) is 11.6 Å². The summed E-state index contributed by atoms with van der Waals surface area (Å²) >= 11 is 0. The van der Waals surface area contributed by atoms with Crippen LogP contribution in [0.3, 0.4) is 0 Å². The molecular weight excluding hydrogens is 292 g/mol. The van der Waals surface area contributed by atoms with Gasteiger partial charge in [0.05, 0.1) is 12.7 Å². The molecule has 0 N–H and O–H groups in total. The fraction of sp³-hybridized carbons (Fsp3) is 0.0526. The minimum atomic E-state index is -0.526. The normalized spacial score (nSPS) is 12.7. The van der Waals surface area contributed by atoms with E-state index in [4.69, 9.17) is 9.15 Å². The average Bonchev–Trinajstić information content (AvgIpc) is 3.05. The Hall–Kier alpha value is -3.14. The minimum absolute atomic E-state index is 0.319. The van der Waals surface area contributed by atoms with Crippen molar-refractivity contribution < 1.29 is 18.7 Å². The van der Waals surface area contributed by atoms with Crippen LogP contribution in [0.15, 0.2) is 59.0 Å². The fourth-order valence-electron chi connectivity index (χ4n) is 2.78. The van der Waals surface area contributed by atoms with Crippen LogP contribution < -0.4 is 4.74 Å². The van der Waals surface area contributed by atoms with Crippen LogP contribution in [-0.4, -0.2) is 18.7 Å². The molecule has 0 saturated carbocycles. The predicted octanol–water partition coefficient (Wildman–Crippen LogP) is 4.00. The second-order valence-electron chi connectivity index (χ2n) is 5.29. The fourth-order valence-corrected chi connectivity index (χ4v) is 2.78. The third-order valence-corrected chi connectivity index (χ3v) is 3.97. The molecule has 0 amide bonds. The monoisotopic (exact) mass is 304 g/mol. The van der Waals surface area contributed by atoms with Crippen molar-refractivity contribution in [1.82, 2.24) is 0 Å². The van der Waals surface area contributed by atoms with Crippen LogP contribution in [0.2, 0.25) is 0 Å². The third-order valence-electron chi connectivity index (χ3n) is 3.97. The molecule has 23 heavy (non-hydrogen) atoms. The first kappa shape index (κ1) is 13.5. The second kappa shape index (κ2) is 4.95. The summed E-state index contributed by atoms with van der Waals surface area (Å²) in [5.41, 5.74) is 2.19. The minimum Gasteiger partial charge on any atom is -0.497 e. The molecular formula is C19H12O4. The summed E-state index contributed by atoms with van der Waals surface area (Å²) in [6.45, 7) is 0. The molecule has 0 aliphatic heterocycles. The number of ether oxygens (including phenoxy) is 1. The Labute approximate surface area is 132 Å². The van der Waals surface area contributed by atoms with Gasteiger partial charge in [-0.05, 0) is 30.3 Å². The number of furan rings is 1. The van der Waals surface area contributed by atoms with Crippen LogP contribution in [0.5, 0.6) is 5.75 Å². The van der Waals surface area contributed by atoms with E-state index in [1.165, 1.54) is 0 Å². The molecule has 4 rings (SSSR count). The summed E-state index contributed by atoms with van der Waals surface area (Å²) in [7, 11) is 1.60. The molecule has 0 fully saturated rings. The van der Waals surface area contributed by atoms with Gasteiger partial charge in [0, 0.05) is 16.7 Å². The summed E-state index contributed by atoms with van der Waals surface area (Å²) in [6, 6.07) is 16.0. The Morgan fingerprint density at radius 2 is 1.48 bits per heavy atom. The predicted molar refractivity (Wildman–Crippen MR) is 84.8 cm³/mol. The first-order chi connectivity index (χ1) is 11.2. The Morgan fingerprint density at radius 3 is 2.17 bits per heavy atom. The maximum absolute atomic E-state index is 12.3. The summed E-state index contributed by atoms with van der Waals surface area (Å²) < 4.78 is 11.0. The number of fused-ring (bicyclic) bond motifs is 3. The smallest absolute Gasteiger partial charge is 0.237 e. The molecule has 1 aliphatic carbocycles. The Kier molecular flexibility index (Phi) is 2.91. The molecule has 3 aromatic rings. The number of carbonyl (C=O) groups is 2. The van der Waals surface area contributed by atoms with E-state index in [1.54, 1.807) is 31.4 Å². The topological polar surface area (TPSA) is 56.5 Å². The molecule has 0 spiro atoms. The van der Waals surface area contributed by atoms with Crippen molar-refractivity contribution in [3.63, 3.8) is 0 Å². The summed E-state index contributed by atoms with van der Waals surface area (Å²) in [5.74, 6) is 0.727. The van der Waals surface area contributed by atoms with E-state index >= 15 is 0 Å². The van der Waals surface area contributed by atoms with E-state index in [0.717, 1.165) is 11.3 Å². The second-order valence-corrected chi connectivity index (χ2v) is 5.29. The van der Waals surface area contributed by atoms with Gasteiger partial charge in [-0.1, -0.05) is 24.3 Å². The van der Waals surface area contributed by atoms with Gasteiger partial charge in [-0.2, -0.15) is 0 Å². The van der Waals surface area contributed by atoms with Crippen LogP contribution in [-0.2, 0) is 0 Å². The van der Waals surface area contributed by atoms with Gasteiger partial charge in [0.25, 0.3) is 0 Å². The van der Waals surface area contributed by atoms with E-state index in [-0.39, 0.29) is 0 Å². The molecule has 4 heteroatoms. The quantitative estimate of drug-likeness (QED) is 0.671. The van der Waals surface area contributed by atoms with Crippen molar-refractivity contribution in [3.05, 3.63) is 65.7 Å². The van der Waals surface area contributed by atoms with E-state index in [0.29, 0.717) is 28.2 Å². The van der Waals surface area contributed by atoms with E-state index in [2.05, 4.69) is 0 Å². The van der Waals surface area contributed by atoms with Gasteiger partial charge in [-0.25, -0.2) is 0 Å². The first-order valence-electron chi connectivity index (χ1n) is 7.15. The molecule has 0 radical (unpaired) electrons. The number of ketones is 2. The highest BCUT2D eigenvalue weighted by atomic mass is 16.5. The molecule has 0 unspecified atom stereocenters. The van der Waals surface area contributed by atoms with E-state index in [9.17, 15) is 9.59 Å². The summed E-state index contributed by atoms with van der Waals surface area (Å²) in [6.07, 6.45) is 0. The van der Waals surface area contributed by atoms with E-state index in [1.807, 2.05) is 30.3 Å². The SMILES string of the molecule is COc1ccc(-c2cc3c(o2)-c2ccccc2C(=O)C3=O)cc1. The highest BCUT2D eigenvalue weighted by molar-refractivity contribution is 6.52. The van der Waals surface area contributed by atoms with Crippen molar-refractivity contribution in [2.45, 2.75) is 0 Å². The van der Waals surface area contributed by atoms with Crippen molar-refractivity contribution in [3.8, 4) is 28.4 Å². The zero-order valence-electron chi connectivity index (χ0n) is 12.3. The molecule has 2 aromatic carbocycles. The van der Waals surface area contributed by atoms with Gasteiger partial charge >= 0.3 is 0 Å². The number of hydrogen-bond donors (Lipinski definition) is 0. The molecule has 1 aliphatic rings. The molecule has 112 valence electrons. The van der Waals surface area contributed by atoms with Crippen LogP contribution in [0.1, 0.15) is 20.7 Å². The number of Topliss-reactive ketones (excluding diaryl/α,β-unsaturated/α-hetero) is 2. The molecule has 4 nitrogen and oxygen atoms in total. The van der Waals surface area contributed by atoms with Gasteiger partial charge in [-0.3, -0.25) is 9.59 Å². The zero-order chi connectivity index (χ0) is 16.0. The molecule has 0 saturated heterocycles. The van der Waals surface area contributed by atoms with Crippen molar-refractivity contribution >= 4 is 11.6 Å². The lowest BCUT2D eigenvalue weighted by Crippen LogP contribution is -2.19. The summed E-state index contributed by atoms with van der Waals surface area (Å²) in [5, 5.41) is 0. The molecule has 0 atom stereocenters. The average molecular weight is 304 g/mol. The van der Waals surface area contributed by atoms with Gasteiger partial charge < -0.3 is 9.15 Å². The van der Waals surface area contributed by atoms with Crippen molar-refractivity contribution in [2.75, 3.05) is 7.11 Å². The largest absolute Gasteiger partial charge is 0.497 e. The number of hydrogen-bond acceptors (Lipinski definition) is 4. The van der Waals surface area contributed by atoms with Gasteiger partial charge in [0.1, 0.15) is 17.3 Å². The van der Waals surface area contributed by atoms with Crippen LogP contribution in [0.4, 0.5) is 0 Å². The lowest BCUT2D eigenvalue weighted by atomic mass is 9.89. The maximum Gasteiger partial charge on any atom is 0.237 e. The maximum atomic E-state index is 12.3. The number of rotatable bonds is 2. The Bertz CT molecular complexity index is 932. The van der Waals surface area contributed by atoms with Crippen molar-refractivity contribution in [2.24, 2.45) is 0 Å².